The van der Waals surface area contributed by atoms with Crippen molar-refractivity contribution in [1.82, 2.24) is 25.1 Å². The van der Waals surface area contributed by atoms with Crippen molar-refractivity contribution in [3.05, 3.63) is 72.2 Å². The molecule has 0 unspecified atom stereocenters. The molecule has 2 N–H and O–H groups in total. The minimum atomic E-state index is -0.419. The zero-order chi connectivity index (χ0) is 21.9. The minimum Gasteiger partial charge on any atom is -0.457 e. The molecule has 0 atom stereocenters. The summed E-state index contributed by atoms with van der Waals surface area (Å²) in [6, 6.07) is 15.4. The molecule has 32 heavy (non-hydrogen) atoms. The van der Waals surface area contributed by atoms with Crippen molar-refractivity contribution in [2.24, 2.45) is 0 Å². The molecule has 0 radical (unpaired) electrons. The first-order chi connectivity index (χ1) is 15.8. The van der Waals surface area contributed by atoms with Gasteiger partial charge in [0, 0.05) is 24.2 Å². The van der Waals surface area contributed by atoms with Crippen LogP contribution in [0.5, 0.6) is 11.5 Å². The van der Waals surface area contributed by atoms with Crippen LogP contribution in [-0.4, -0.2) is 38.7 Å². The number of fused-ring (bicyclic) bond motifs is 3. The van der Waals surface area contributed by atoms with Crippen LogP contribution < -0.4 is 15.4 Å². The third kappa shape index (κ3) is 3.64. The Morgan fingerprint density at radius 3 is 2.47 bits per heavy atom. The standard InChI is InChI=1S/C24H24N6O2/c1-2-11-25-22-18-14-29-30(23(18)28-15-27-22)13-12-26-24(31)21-16-7-3-5-9-19(16)32-20-10-6-4-8-17(20)21/h3-10,14-15,21H,2,11-13H2,1H3,(H,26,31)(H,25,27,28). The minimum absolute atomic E-state index is 0.0652. The molecule has 8 nitrogen and oxygen atoms in total. The number of para-hydroxylation sites is 2. The molecule has 0 spiro atoms. The second kappa shape index (κ2) is 8.66. The Morgan fingerprint density at radius 1 is 1.03 bits per heavy atom. The number of aromatic nitrogens is 4. The predicted molar refractivity (Wildman–Crippen MR) is 122 cm³/mol. The molecule has 1 amide bonds. The van der Waals surface area contributed by atoms with Gasteiger partial charge in [0.15, 0.2) is 5.65 Å². The largest absolute Gasteiger partial charge is 0.457 e. The molecule has 0 aliphatic carbocycles. The highest BCUT2D eigenvalue weighted by atomic mass is 16.5. The van der Waals surface area contributed by atoms with E-state index < -0.39 is 5.92 Å². The van der Waals surface area contributed by atoms with Crippen LogP contribution in [0.2, 0.25) is 0 Å². The van der Waals surface area contributed by atoms with Crippen LogP contribution in [0.15, 0.2) is 61.1 Å². The van der Waals surface area contributed by atoms with Crippen LogP contribution in [0, 0.1) is 0 Å². The Bertz CT molecular complexity index is 1220. The molecule has 3 heterocycles. The van der Waals surface area contributed by atoms with E-state index in [-0.39, 0.29) is 5.91 Å². The smallest absolute Gasteiger partial charge is 0.232 e. The van der Waals surface area contributed by atoms with Crippen LogP contribution in [0.4, 0.5) is 5.82 Å². The maximum absolute atomic E-state index is 13.3. The highest BCUT2D eigenvalue weighted by Crippen LogP contribution is 2.43. The highest BCUT2D eigenvalue weighted by molar-refractivity contribution is 5.89. The number of benzene rings is 2. The molecule has 4 aromatic rings. The molecular weight excluding hydrogens is 404 g/mol. The number of ether oxygens (including phenoxy) is 1. The Kier molecular flexibility index (Phi) is 5.41. The first-order valence-electron chi connectivity index (χ1n) is 10.8. The first kappa shape index (κ1) is 20.0. The lowest BCUT2D eigenvalue weighted by atomic mass is 9.87. The molecule has 2 aromatic carbocycles. The van der Waals surface area contributed by atoms with Gasteiger partial charge in [-0.25, -0.2) is 14.6 Å². The number of nitrogens with zero attached hydrogens (tertiary/aromatic N) is 4. The van der Waals surface area contributed by atoms with Gasteiger partial charge in [-0.15, -0.1) is 0 Å². The summed E-state index contributed by atoms with van der Waals surface area (Å²) in [6.45, 7) is 3.87. The molecule has 1 aliphatic rings. The van der Waals surface area contributed by atoms with Crippen molar-refractivity contribution in [1.29, 1.82) is 0 Å². The Morgan fingerprint density at radius 2 is 1.75 bits per heavy atom. The molecule has 5 rings (SSSR count). The van der Waals surface area contributed by atoms with Gasteiger partial charge in [0.05, 0.1) is 24.0 Å². The number of nitrogens with one attached hydrogen (secondary N) is 2. The average Bonchev–Trinajstić information content (AvgIpc) is 3.24. The topological polar surface area (TPSA) is 94.0 Å². The van der Waals surface area contributed by atoms with Crippen LogP contribution in [0.3, 0.4) is 0 Å². The summed E-state index contributed by atoms with van der Waals surface area (Å²) in [5, 5.41) is 11.7. The summed E-state index contributed by atoms with van der Waals surface area (Å²) in [4.78, 5) is 21.9. The second-order valence-corrected chi connectivity index (χ2v) is 7.66. The van der Waals surface area contributed by atoms with Gasteiger partial charge >= 0.3 is 0 Å². The van der Waals surface area contributed by atoms with Gasteiger partial charge in [0.2, 0.25) is 5.91 Å². The van der Waals surface area contributed by atoms with Gasteiger partial charge in [0.25, 0.3) is 0 Å². The lowest BCUT2D eigenvalue weighted by Gasteiger charge is -2.27. The van der Waals surface area contributed by atoms with Crippen molar-refractivity contribution in [2.45, 2.75) is 25.8 Å². The van der Waals surface area contributed by atoms with Crippen molar-refractivity contribution < 1.29 is 9.53 Å². The molecule has 0 saturated heterocycles. The number of hydrogen-bond acceptors (Lipinski definition) is 6. The maximum Gasteiger partial charge on any atom is 0.232 e. The lowest BCUT2D eigenvalue weighted by Crippen LogP contribution is -2.33. The van der Waals surface area contributed by atoms with E-state index in [1.54, 1.807) is 10.9 Å². The second-order valence-electron chi connectivity index (χ2n) is 7.66. The molecule has 0 fully saturated rings. The monoisotopic (exact) mass is 428 g/mol. The predicted octanol–water partition coefficient (Wildman–Crippen LogP) is 3.70. The van der Waals surface area contributed by atoms with Crippen molar-refractivity contribution in [3.8, 4) is 11.5 Å². The van der Waals surface area contributed by atoms with E-state index in [0.717, 1.165) is 40.9 Å². The molecule has 1 aliphatic heterocycles. The van der Waals surface area contributed by atoms with E-state index in [1.165, 1.54) is 6.33 Å². The summed E-state index contributed by atoms with van der Waals surface area (Å²) in [5.41, 5.74) is 2.48. The zero-order valence-corrected chi connectivity index (χ0v) is 17.8. The Hall–Kier alpha value is -3.94. The normalized spacial score (nSPS) is 12.7. The van der Waals surface area contributed by atoms with Crippen LogP contribution in [-0.2, 0) is 11.3 Å². The fourth-order valence-electron chi connectivity index (χ4n) is 4.02. The number of carbonyl (C=O) groups is 1. The molecular formula is C24H24N6O2. The molecule has 0 bridgehead atoms. The quantitative estimate of drug-likeness (QED) is 0.466. The van der Waals surface area contributed by atoms with Gasteiger partial charge in [-0.2, -0.15) is 5.10 Å². The number of hydrogen-bond donors (Lipinski definition) is 2. The third-order valence-corrected chi connectivity index (χ3v) is 5.54. The van der Waals surface area contributed by atoms with E-state index in [4.69, 9.17) is 4.74 Å². The van der Waals surface area contributed by atoms with Gasteiger partial charge in [0.1, 0.15) is 23.6 Å². The van der Waals surface area contributed by atoms with Gasteiger partial charge in [-0.05, 0) is 18.6 Å². The SMILES string of the molecule is CCCNc1ncnc2c1cnn2CCNC(=O)C1c2ccccc2Oc2ccccc21. The summed E-state index contributed by atoms with van der Waals surface area (Å²) in [5.74, 6) is 1.73. The molecule has 0 saturated carbocycles. The number of rotatable bonds is 7. The average molecular weight is 428 g/mol. The van der Waals surface area contributed by atoms with Gasteiger partial charge in [-0.3, -0.25) is 4.79 Å². The van der Waals surface area contributed by atoms with E-state index >= 15 is 0 Å². The number of carbonyl (C=O) groups excluding carboxylic acids is 1. The van der Waals surface area contributed by atoms with Crippen molar-refractivity contribution in [2.75, 3.05) is 18.4 Å². The summed E-state index contributed by atoms with van der Waals surface area (Å²) in [6.07, 6.45) is 4.30. The summed E-state index contributed by atoms with van der Waals surface area (Å²) in [7, 11) is 0. The summed E-state index contributed by atoms with van der Waals surface area (Å²) < 4.78 is 7.79. The number of amides is 1. The van der Waals surface area contributed by atoms with Crippen molar-refractivity contribution >= 4 is 22.8 Å². The first-order valence-corrected chi connectivity index (χ1v) is 10.8. The van der Waals surface area contributed by atoms with E-state index in [0.29, 0.717) is 24.6 Å². The molecule has 162 valence electrons. The zero-order valence-electron chi connectivity index (χ0n) is 17.8. The fraction of sp³-hybridized carbons (Fsp3) is 0.250. The maximum atomic E-state index is 13.3. The van der Waals surface area contributed by atoms with E-state index in [2.05, 4.69) is 32.6 Å². The fourth-order valence-corrected chi connectivity index (χ4v) is 4.02. The Labute approximate surface area is 185 Å². The third-order valence-electron chi connectivity index (χ3n) is 5.54. The van der Waals surface area contributed by atoms with E-state index in [1.807, 2.05) is 48.5 Å². The van der Waals surface area contributed by atoms with Gasteiger partial charge in [-0.1, -0.05) is 43.3 Å². The lowest BCUT2D eigenvalue weighted by molar-refractivity contribution is -0.121. The van der Waals surface area contributed by atoms with Crippen molar-refractivity contribution in [3.63, 3.8) is 0 Å². The number of anilines is 1. The van der Waals surface area contributed by atoms with Crippen LogP contribution >= 0.6 is 0 Å². The molecule has 2 aromatic heterocycles. The summed E-state index contributed by atoms with van der Waals surface area (Å²) >= 11 is 0. The molecule has 8 heteroatoms. The van der Waals surface area contributed by atoms with E-state index in [9.17, 15) is 4.79 Å². The van der Waals surface area contributed by atoms with Gasteiger partial charge < -0.3 is 15.4 Å². The van der Waals surface area contributed by atoms with Crippen LogP contribution in [0.25, 0.3) is 11.0 Å². The van der Waals surface area contributed by atoms with Crippen LogP contribution in [0.1, 0.15) is 30.4 Å². The Balaban J connectivity index is 1.32. The highest BCUT2D eigenvalue weighted by Gasteiger charge is 2.32.